The van der Waals surface area contributed by atoms with Gasteiger partial charge in [0.15, 0.2) is 0 Å². The molecule has 0 unspecified atom stereocenters. The first-order valence-corrected chi connectivity index (χ1v) is 10.3. The van der Waals surface area contributed by atoms with Crippen molar-refractivity contribution in [2.45, 2.75) is 20.8 Å². The third-order valence-corrected chi connectivity index (χ3v) is 4.18. The second kappa shape index (κ2) is 12.2. The zero-order valence-electron chi connectivity index (χ0n) is 18.8. The number of anilines is 3. The van der Waals surface area contributed by atoms with Crippen molar-refractivity contribution in [1.29, 1.82) is 0 Å². The van der Waals surface area contributed by atoms with Gasteiger partial charge in [-0.1, -0.05) is 26.0 Å². The van der Waals surface area contributed by atoms with Crippen molar-refractivity contribution in [2.24, 2.45) is 5.92 Å². The van der Waals surface area contributed by atoms with Crippen LogP contribution in [0.25, 0.3) is 0 Å². The fourth-order valence-electron chi connectivity index (χ4n) is 2.64. The standard InChI is InChI=1S/C23H30N4O5/c1-15(2)14-32-23(30)26-18-7-5-6-17(11-18)24-12-21(28)25-13-22(29)27-19-10-16(3)8-9-20(19)31-4/h5-11,15,24H,12-14H2,1-4H3,(H,25,28)(H,26,30)(H,27,29). The number of hydrogen-bond acceptors (Lipinski definition) is 6. The maximum Gasteiger partial charge on any atom is 0.411 e. The molecule has 0 saturated heterocycles. The van der Waals surface area contributed by atoms with Gasteiger partial charge in [0.2, 0.25) is 11.8 Å². The minimum atomic E-state index is -0.537. The highest BCUT2D eigenvalue weighted by Gasteiger charge is 2.10. The van der Waals surface area contributed by atoms with Gasteiger partial charge in [0.1, 0.15) is 5.75 Å². The lowest BCUT2D eigenvalue weighted by Crippen LogP contribution is -2.36. The Hall–Kier alpha value is -3.75. The Morgan fingerprint density at radius 3 is 2.41 bits per heavy atom. The van der Waals surface area contributed by atoms with E-state index in [1.54, 1.807) is 36.4 Å². The van der Waals surface area contributed by atoms with E-state index in [9.17, 15) is 14.4 Å². The predicted octanol–water partition coefficient (Wildman–Crippen LogP) is 3.37. The summed E-state index contributed by atoms with van der Waals surface area (Å²) < 4.78 is 10.3. The van der Waals surface area contributed by atoms with E-state index >= 15 is 0 Å². The van der Waals surface area contributed by atoms with Crippen molar-refractivity contribution in [2.75, 3.05) is 42.8 Å². The zero-order valence-corrected chi connectivity index (χ0v) is 18.8. The zero-order chi connectivity index (χ0) is 23.5. The summed E-state index contributed by atoms with van der Waals surface area (Å²) in [5, 5.41) is 10.9. The summed E-state index contributed by atoms with van der Waals surface area (Å²) in [6.07, 6.45) is -0.537. The van der Waals surface area contributed by atoms with Gasteiger partial charge in [0.05, 0.1) is 32.5 Å². The van der Waals surface area contributed by atoms with Crippen LogP contribution in [0.2, 0.25) is 0 Å². The summed E-state index contributed by atoms with van der Waals surface area (Å²) in [7, 11) is 1.52. The normalized spacial score (nSPS) is 10.3. The van der Waals surface area contributed by atoms with E-state index < -0.39 is 6.09 Å². The number of carbonyl (C=O) groups excluding carboxylic acids is 3. The molecule has 0 saturated carbocycles. The number of nitrogens with one attached hydrogen (secondary N) is 4. The van der Waals surface area contributed by atoms with Crippen molar-refractivity contribution in [3.8, 4) is 5.75 Å². The van der Waals surface area contributed by atoms with Gasteiger partial charge in [-0.3, -0.25) is 14.9 Å². The van der Waals surface area contributed by atoms with E-state index in [1.807, 2.05) is 26.8 Å². The lowest BCUT2D eigenvalue weighted by atomic mass is 10.2. The fraction of sp³-hybridized carbons (Fsp3) is 0.348. The molecule has 2 aromatic carbocycles. The van der Waals surface area contributed by atoms with Crippen molar-refractivity contribution < 1.29 is 23.9 Å². The summed E-state index contributed by atoms with van der Waals surface area (Å²) in [5.41, 5.74) is 2.69. The molecule has 9 nitrogen and oxygen atoms in total. The number of amides is 3. The minimum absolute atomic E-state index is 0.0394. The SMILES string of the molecule is COc1ccc(C)cc1NC(=O)CNC(=O)CNc1cccc(NC(=O)OCC(C)C)c1. The quantitative estimate of drug-likeness (QED) is 0.448. The van der Waals surface area contributed by atoms with Gasteiger partial charge < -0.3 is 25.4 Å². The Bertz CT molecular complexity index is 946. The van der Waals surface area contributed by atoms with Gasteiger partial charge in [-0.25, -0.2) is 4.79 Å². The number of hydrogen-bond donors (Lipinski definition) is 4. The minimum Gasteiger partial charge on any atom is -0.495 e. The highest BCUT2D eigenvalue weighted by molar-refractivity contribution is 5.96. The van der Waals surface area contributed by atoms with Crippen LogP contribution in [-0.2, 0) is 14.3 Å². The largest absolute Gasteiger partial charge is 0.495 e. The van der Waals surface area contributed by atoms with E-state index in [1.165, 1.54) is 7.11 Å². The van der Waals surface area contributed by atoms with E-state index in [0.29, 0.717) is 29.4 Å². The van der Waals surface area contributed by atoms with E-state index in [-0.39, 0.29) is 30.8 Å². The van der Waals surface area contributed by atoms with Gasteiger partial charge in [0, 0.05) is 11.4 Å². The summed E-state index contributed by atoms with van der Waals surface area (Å²) in [4.78, 5) is 36.0. The fourth-order valence-corrected chi connectivity index (χ4v) is 2.64. The topological polar surface area (TPSA) is 118 Å². The molecule has 3 amide bonds. The molecule has 0 radical (unpaired) electrons. The number of aryl methyl sites for hydroxylation is 1. The second-order valence-electron chi connectivity index (χ2n) is 7.58. The number of ether oxygens (including phenoxy) is 2. The van der Waals surface area contributed by atoms with Crippen LogP contribution >= 0.6 is 0 Å². The summed E-state index contributed by atoms with van der Waals surface area (Å²) in [6.45, 7) is 5.91. The molecule has 4 N–H and O–H groups in total. The Balaban J connectivity index is 1.78. The molecule has 32 heavy (non-hydrogen) atoms. The first-order valence-electron chi connectivity index (χ1n) is 10.3. The molecule has 0 spiro atoms. The molecule has 0 aliphatic carbocycles. The van der Waals surface area contributed by atoms with Crippen molar-refractivity contribution in [3.63, 3.8) is 0 Å². The molecule has 0 atom stereocenters. The lowest BCUT2D eigenvalue weighted by molar-refractivity contribution is -0.122. The van der Waals surface area contributed by atoms with E-state index in [0.717, 1.165) is 5.56 Å². The Morgan fingerprint density at radius 2 is 1.69 bits per heavy atom. The van der Waals surface area contributed by atoms with Crippen LogP contribution in [0.1, 0.15) is 19.4 Å². The van der Waals surface area contributed by atoms with Crippen molar-refractivity contribution >= 4 is 35.0 Å². The Morgan fingerprint density at radius 1 is 0.938 bits per heavy atom. The van der Waals surface area contributed by atoms with Gasteiger partial charge in [-0.2, -0.15) is 0 Å². The van der Waals surface area contributed by atoms with E-state index in [4.69, 9.17) is 9.47 Å². The first kappa shape index (κ1) is 24.5. The highest BCUT2D eigenvalue weighted by Crippen LogP contribution is 2.24. The lowest BCUT2D eigenvalue weighted by Gasteiger charge is -2.12. The summed E-state index contributed by atoms with van der Waals surface area (Å²) >= 11 is 0. The van der Waals surface area contributed by atoms with Gasteiger partial charge in [-0.15, -0.1) is 0 Å². The molecular formula is C23H30N4O5. The van der Waals surface area contributed by atoms with Crippen LogP contribution in [0.5, 0.6) is 5.75 Å². The highest BCUT2D eigenvalue weighted by atomic mass is 16.5. The van der Waals surface area contributed by atoms with Crippen LogP contribution in [0.15, 0.2) is 42.5 Å². The number of rotatable bonds is 10. The predicted molar refractivity (Wildman–Crippen MR) is 124 cm³/mol. The van der Waals surface area contributed by atoms with Crippen molar-refractivity contribution in [1.82, 2.24) is 5.32 Å². The molecular weight excluding hydrogens is 412 g/mol. The number of methoxy groups -OCH3 is 1. The van der Waals surface area contributed by atoms with Crippen LogP contribution in [0.3, 0.4) is 0 Å². The van der Waals surface area contributed by atoms with Gasteiger partial charge in [0.25, 0.3) is 0 Å². The average Bonchev–Trinajstić information content (AvgIpc) is 2.75. The molecule has 0 aliphatic heterocycles. The third kappa shape index (κ3) is 8.55. The molecule has 172 valence electrons. The molecule has 0 aromatic heterocycles. The maximum atomic E-state index is 12.2. The van der Waals surface area contributed by atoms with Gasteiger partial charge in [-0.05, 0) is 48.7 Å². The second-order valence-corrected chi connectivity index (χ2v) is 7.58. The molecule has 2 aromatic rings. The molecule has 0 fully saturated rings. The average molecular weight is 443 g/mol. The third-order valence-electron chi connectivity index (χ3n) is 4.18. The number of benzene rings is 2. The Labute approximate surface area is 187 Å². The van der Waals surface area contributed by atoms with Gasteiger partial charge >= 0.3 is 6.09 Å². The first-order chi connectivity index (χ1) is 15.3. The van der Waals surface area contributed by atoms with Crippen LogP contribution in [0.4, 0.5) is 21.9 Å². The number of carbonyl (C=O) groups is 3. The monoisotopic (exact) mass is 442 g/mol. The summed E-state index contributed by atoms with van der Waals surface area (Å²) in [6, 6.07) is 12.3. The molecule has 0 bridgehead atoms. The van der Waals surface area contributed by atoms with E-state index in [2.05, 4.69) is 21.3 Å². The van der Waals surface area contributed by atoms with Crippen LogP contribution < -0.4 is 26.0 Å². The smallest absolute Gasteiger partial charge is 0.411 e. The molecule has 0 aliphatic rings. The van der Waals surface area contributed by atoms with Crippen molar-refractivity contribution in [3.05, 3.63) is 48.0 Å². The summed E-state index contributed by atoms with van der Waals surface area (Å²) in [5.74, 6) is 0.0612. The van der Waals surface area contributed by atoms with Crippen LogP contribution in [-0.4, -0.2) is 44.7 Å². The Kier molecular flexibility index (Phi) is 9.34. The van der Waals surface area contributed by atoms with Crippen LogP contribution in [0, 0.1) is 12.8 Å². The molecule has 0 heterocycles. The molecule has 2 rings (SSSR count). The maximum absolute atomic E-state index is 12.2. The molecule has 9 heteroatoms.